The molecule has 112 valence electrons. The Kier molecular flexibility index (Phi) is 4.12. The molecule has 0 aliphatic carbocycles. The average Bonchev–Trinajstić information content (AvgIpc) is 2.44. The van der Waals surface area contributed by atoms with Crippen LogP contribution in [0.2, 0.25) is 0 Å². The molecular formula is C18H24N2O. The van der Waals surface area contributed by atoms with Gasteiger partial charge >= 0.3 is 0 Å². The largest absolute Gasteiger partial charge is 0.507 e. The molecular weight excluding hydrogens is 260 g/mol. The summed E-state index contributed by atoms with van der Waals surface area (Å²) in [5, 5.41) is 10.8. The predicted octanol–water partition coefficient (Wildman–Crippen LogP) is 4.30. The van der Waals surface area contributed by atoms with E-state index in [2.05, 4.69) is 20.8 Å². The zero-order valence-corrected chi connectivity index (χ0v) is 13.0. The summed E-state index contributed by atoms with van der Waals surface area (Å²) in [7, 11) is 0. The Morgan fingerprint density at radius 1 is 1.10 bits per heavy atom. The highest BCUT2D eigenvalue weighted by atomic mass is 16.3. The van der Waals surface area contributed by atoms with Gasteiger partial charge in [0.15, 0.2) is 0 Å². The molecule has 2 aromatic rings. The monoisotopic (exact) mass is 284 g/mol. The molecule has 0 heterocycles. The first-order chi connectivity index (χ1) is 9.88. The van der Waals surface area contributed by atoms with Gasteiger partial charge in [0.05, 0.1) is 11.4 Å². The van der Waals surface area contributed by atoms with Crippen molar-refractivity contribution in [2.45, 2.75) is 39.0 Å². The molecule has 0 atom stereocenters. The summed E-state index contributed by atoms with van der Waals surface area (Å²) < 4.78 is 0. The molecule has 5 N–H and O–H groups in total. The highest BCUT2D eigenvalue weighted by molar-refractivity contribution is 5.90. The Morgan fingerprint density at radius 2 is 1.71 bits per heavy atom. The summed E-state index contributed by atoms with van der Waals surface area (Å²) in [6.07, 6.45) is 2.01. The standard InChI is InChI=1S/C18H24N2O/c1-4-10-18(2,3)13-11-14(19)16(20)15(17(13)21)12-8-6-5-7-9-12/h5-9,11,21H,4,10,19-20H2,1-3H3. The van der Waals surface area contributed by atoms with E-state index in [-0.39, 0.29) is 11.2 Å². The topological polar surface area (TPSA) is 72.3 Å². The van der Waals surface area contributed by atoms with Crippen LogP contribution < -0.4 is 11.5 Å². The van der Waals surface area contributed by atoms with Gasteiger partial charge in [-0.25, -0.2) is 0 Å². The third-order valence-electron chi connectivity index (χ3n) is 4.04. The maximum atomic E-state index is 10.8. The van der Waals surface area contributed by atoms with Crippen LogP contribution in [0.4, 0.5) is 11.4 Å². The van der Waals surface area contributed by atoms with Gasteiger partial charge in [0.25, 0.3) is 0 Å². The van der Waals surface area contributed by atoms with E-state index in [4.69, 9.17) is 11.5 Å². The first kappa shape index (κ1) is 15.2. The molecule has 0 aliphatic rings. The number of anilines is 2. The zero-order chi connectivity index (χ0) is 15.6. The van der Waals surface area contributed by atoms with Crippen LogP contribution in [0.15, 0.2) is 36.4 Å². The van der Waals surface area contributed by atoms with E-state index in [9.17, 15) is 5.11 Å². The van der Waals surface area contributed by atoms with E-state index < -0.39 is 0 Å². The van der Waals surface area contributed by atoms with Gasteiger partial charge in [-0.15, -0.1) is 0 Å². The number of hydrogen-bond donors (Lipinski definition) is 3. The van der Waals surface area contributed by atoms with E-state index in [1.165, 1.54) is 0 Å². The van der Waals surface area contributed by atoms with Crippen LogP contribution in [0.25, 0.3) is 11.1 Å². The van der Waals surface area contributed by atoms with Crippen molar-refractivity contribution in [3.05, 3.63) is 42.0 Å². The third kappa shape index (κ3) is 2.82. The van der Waals surface area contributed by atoms with Gasteiger partial charge in [-0.1, -0.05) is 57.5 Å². The van der Waals surface area contributed by atoms with E-state index in [1.54, 1.807) is 0 Å². The number of rotatable bonds is 4. The SMILES string of the molecule is CCCC(C)(C)c1cc(N)c(N)c(-c2ccccc2)c1O. The molecule has 0 amide bonds. The second kappa shape index (κ2) is 5.68. The minimum absolute atomic E-state index is 0.149. The lowest BCUT2D eigenvalue weighted by molar-refractivity contribution is 0.419. The molecule has 21 heavy (non-hydrogen) atoms. The lowest BCUT2D eigenvalue weighted by Crippen LogP contribution is -2.18. The number of phenols is 1. The van der Waals surface area contributed by atoms with Crippen LogP contribution in [-0.2, 0) is 5.41 Å². The normalized spacial score (nSPS) is 11.6. The van der Waals surface area contributed by atoms with Crippen LogP contribution in [0.1, 0.15) is 39.2 Å². The fourth-order valence-electron chi connectivity index (χ4n) is 2.88. The molecule has 0 bridgehead atoms. The van der Waals surface area contributed by atoms with Gasteiger partial charge in [0, 0.05) is 11.1 Å². The first-order valence-corrected chi connectivity index (χ1v) is 7.35. The average molecular weight is 284 g/mol. The molecule has 0 aliphatic heterocycles. The molecule has 3 heteroatoms. The number of nitrogen functional groups attached to an aromatic ring is 2. The number of phenolic OH excluding ortho intramolecular Hbond substituents is 1. The maximum Gasteiger partial charge on any atom is 0.129 e. The van der Waals surface area contributed by atoms with Crippen molar-refractivity contribution in [1.82, 2.24) is 0 Å². The van der Waals surface area contributed by atoms with Crippen molar-refractivity contribution >= 4 is 11.4 Å². The van der Waals surface area contributed by atoms with Crippen molar-refractivity contribution in [2.75, 3.05) is 11.5 Å². The maximum absolute atomic E-state index is 10.8. The molecule has 0 saturated heterocycles. The zero-order valence-electron chi connectivity index (χ0n) is 13.0. The van der Waals surface area contributed by atoms with Gasteiger partial charge in [-0.2, -0.15) is 0 Å². The lowest BCUT2D eigenvalue weighted by atomic mass is 9.78. The first-order valence-electron chi connectivity index (χ1n) is 7.35. The Bertz CT molecular complexity index is 633. The summed E-state index contributed by atoms with van der Waals surface area (Å²) >= 11 is 0. The van der Waals surface area contributed by atoms with Gasteiger partial charge in [0.2, 0.25) is 0 Å². The van der Waals surface area contributed by atoms with Crippen molar-refractivity contribution in [1.29, 1.82) is 0 Å². The number of aromatic hydroxyl groups is 1. The van der Waals surface area contributed by atoms with Crippen molar-refractivity contribution in [3.63, 3.8) is 0 Å². The van der Waals surface area contributed by atoms with Crippen LogP contribution in [0.5, 0.6) is 5.75 Å². The summed E-state index contributed by atoms with van der Waals surface area (Å²) in [4.78, 5) is 0. The van der Waals surface area contributed by atoms with E-state index in [0.717, 1.165) is 24.0 Å². The molecule has 0 aromatic heterocycles. The van der Waals surface area contributed by atoms with E-state index in [1.807, 2.05) is 36.4 Å². The van der Waals surface area contributed by atoms with Crippen molar-refractivity contribution in [2.24, 2.45) is 0 Å². The Labute approximate surface area is 126 Å². The molecule has 0 spiro atoms. The molecule has 3 nitrogen and oxygen atoms in total. The molecule has 0 saturated carbocycles. The van der Waals surface area contributed by atoms with Gasteiger partial charge in [0.1, 0.15) is 5.75 Å². The molecule has 0 radical (unpaired) electrons. The van der Waals surface area contributed by atoms with Crippen LogP contribution in [0, 0.1) is 0 Å². The van der Waals surface area contributed by atoms with Crippen LogP contribution in [-0.4, -0.2) is 5.11 Å². The fraction of sp³-hybridized carbons (Fsp3) is 0.333. The minimum atomic E-state index is -0.149. The fourth-order valence-corrected chi connectivity index (χ4v) is 2.88. The quantitative estimate of drug-likeness (QED) is 0.579. The summed E-state index contributed by atoms with van der Waals surface area (Å²) in [6, 6.07) is 11.5. The lowest BCUT2D eigenvalue weighted by Gasteiger charge is -2.28. The summed E-state index contributed by atoms with van der Waals surface area (Å²) in [5.74, 6) is 0.242. The predicted molar refractivity (Wildman–Crippen MR) is 90.3 cm³/mol. The molecule has 2 rings (SSSR count). The third-order valence-corrected chi connectivity index (χ3v) is 4.04. The number of benzene rings is 2. The van der Waals surface area contributed by atoms with Crippen molar-refractivity contribution in [3.8, 4) is 16.9 Å². The Hall–Kier alpha value is -2.16. The Balaban J connectivity index is 2.70. The van der Waals surface area contributed by atoms with E-state index >= 15 is 0 Å². The molecule has 0 unspecified atom stereocenters. The summed E-state index contributed by atoms with van der Waals surface area (Å²) in [6.45, 7) is 6.38. The highest BCUT2D eigenvalue weighted by Gasteiger charge is 2.27. The number of hydrogen-bond acceptors (Lipinski definition) is 3. The number of nitrogens with two attached hydrogens (primary N) is 2. The minimum Gasteiger partial charge on any atom is -0.507 e. The second-order valence-electron chi connectivity index (χ2n) is 6.15. The van der Waals surface area contributed by atoms with Crippen LogP contribution in [0.3, 0.4) is 0 Å². The van der Waals surface area contributed by atoms with Crippen LogP contribution >= 0.6 is 0 Å². The highest BCUT2D eigenvalue weighted by Crippen LogP contribution is 2.46. The smallest absolute Gasteiger partial charge is 0.129 e. The van der Waals surface area contributed by atoms with Crippen molar-refractivity contribution < 1.29 is 5.11 Å². The van der Waals surface area contributed by atoms with E-state index in [0.29, 0.717) is 16.9 Å². The molecule has 0 fully saturated rings. The molecule has 2 aromatic carbocycles. The van der Waals surface area contributed by atoms with Gasteiger partial charge < -0.3 is 16.6 Å². The van der Waals surface area contributed by atoms with Gasteiger partial charge in [-0.05, 0) is 23.5 Å². The summed E-state index contributed by atoms with van der Waals surface area (Å²) in [5.41, 5.74) is 15.4. The van der Waals surface area contributed by atoms with Gasteiger partial charge in [-0.3, -0.25) is 0 Å². The Morgan fingerprint density at radius 3 is 2.29 bits per heavy atom. The second-order valence-corrected chi connectivity index (χ2v) is 6.15.